The molecule has 0 unspecified atom stereocenters. The van der Waals surface area contributed by atoms with Crippen LogP contribution in [0.3, 0.4) is 0 Å². The maximum absolute atomic E-state index is 12.9. The van der Waals surface area contributed by atoms with E-state index in [0.717, 1.165) is 95.3 Å². The quantitative estimate of drug-likeness (QED) is 0.631. The summed E-state index contributed by atoms with van der Waals surface area (Å²) in [4.78, 5) is 19.8. The Hall–Kier alpha value is -1.63. The molecule has 0 aromatic heterocycles. The monoisotopic (exact) mass is 494 g/mol. The Labute approximate surface area is 217 Å². The van der Waals surface area contributed by atoms with Gasteiger partial charge in [0.15, 0.2) is 0 Å². The summed E-state index contributed by atoms with van der Waals surface area (Å²) >= 11 is 0. The van der Waals surface area contributed by atoms with Crippen LogP contribution in [0.1, 0.15) is 75.6 Å². The molecule has 6 nitrogen and oxygen atoms in total. The molecule has 4 saturated carbocycles. The van der Waals surface area contributed by atoms with Gasteiger partial charge >= 0.3 is 0 Å². The van der Waals surface area contributed by atoms with E-state index in [-0.39, 0.29) is 11.5 Å². The van der Waals surface area contributed by atoms with Crippen molar-refractivity contribution in [2.75, 3.05) is 50.7 Å². The Morgan fingerprint density at radius 2 is 1.64 bits per heavy atom. The first-order chi connectivity index (χ1) is 17.3. The number of nitrogens with one attached hydrogen (secondary N) is 1. The zero-order chi connectivity index (χ0) is 24.9. The lowest BCUT2D eigenvalue weighted by Gasteiger charge is -2.62. The van der Waals surface area contributed by atoms with Crippen LogP contribution in [0.15, 0.2) is 24.3 Å². The molecule has 0 spiro atoms. The van der Waals surface area contributed by atoms with E-state index in [2.05, 4.69) is 41.1 Å². The number of piperidine rings is 1. The number of aliphatic hydroxyl groups is 1. The SMILES string of the molecule is CCN1CCN(C(=O)c2ccc(N3CCC(N[C@@H](C)C45C[C@@H]6C[C@H](CC(O)(C6)C4)C5)CC3)cc2)CC1. The van der Waals surface area contributed by atoms with Crippen LogP contribution in [0.5, 0.6) is 0 Å². The van der Waals surface area contributed by atoms with Crippen molar-refractivity contribution in [2.45, 2.75) is 82.9 Å². The molecule has 3 atom stereocenters. The first-order valence-corrected chi connectivity index (χ1v) is 14.7. The fourth-order valence-electron chi connectivity index (χ4n) is 8.89. The predicted octanol–water partition coefficient (Wildman–Crippen LogP) is 3.74. The maximum atomic E-state index is 12.9. The number of benzene rings is 1. The van der Waals surface area contributed by atoms with Crippen LogP contribution in [0, 0.1) is 17.3 Å². The molecule has 36 heavy (non-hydrogen) atoms. The Morgan fingerprint density at radius 3 is 2.22 bits per heavy atom. The Bertz CT molecular complexity index is 919. The van der Waals surface area contributed by atoms with Gasteiger partial charge in [-0.2, -0.15) is 0 Å². The second-order valence-electron chi connectivity index (χ2n) is 13.0. The van der Waals surface area contributed by atoms with Gasteiger partial charge in [-0.15, -0.1) is 0 Å². The van der Waals surface area contributed by atoms with Crippen molar-refractivity contribution in [1.82, 2.24) is 15.1 Å². The molecule has 6 heteroatoms. The summed E-state index contributed by atoms with van der Waals surface area (Å²) in [5, 5.41) is 15.2. The molecule has 2 saturated heterocycles. The van der Waals surface area contributed by atoms with Crippen LogP contribution in [-0.4, -0.2) is 84.3 Å². The fourth-order valence-corrected chi connectivity index (χ4v) is 8.89. The maximum Gasteiger partial charge on any atom is 0.253 e. The number of nitrogens with zero attached hydrogens (tertiary/aromatic N) is 3. The van der Waals surface area contributed by atoms with Crippen LogP contribution in [0.4, 0.5) is 5.69 Å². The number of amides is 1. The number of piperazine rings is 1. The van der Waals surface area contributed by atoms with Crippen molar-refractivity contribution in [1.29, 1.82) is 0 Å². The highest BCUT2D eigenvalue weighted by Gasteiger charge is 2.58. The van der Waals surface area contributed by atoms with Crippen LogP contribution < -0.4 is 10.2 Å². The number of carbonyl (C=O) groups is 1. The van der Waals surface area contributed by atoms with Crippen molar-refractivity contribution in [3.05, 3.63) is 29.8 Å². The number of hydrogen-bond acceptors (Lipinski definition) is 5. The van der Waals surface area contributed by atoms with E-state index >= 15 is 0 Å². The highest BCUT2D eigenvalue weighted by atomic mass is 16.3. The topological polar surface area (TPSA) is 59.0 Å². The molecule has 2 heterocycles. The summed E-state index contributed by atoms with van der Waals surface area (Å²) in [6.07, 6.45) is 9.41. The standard InChI is InChI=1S/C30H46N4O2/c1-3-32-12-14-34(15-13-32)28(35)25-4-6-27(7-5-25)33-10-8-26(9-11-33)31-22(2)29-17-23-16-24(18-29)20-30(36,19-23)21-29/h4-7,22-24,26,31,36H,3,8-21H2,1-2H3/t22-,23-,24-,29?,30?/m0/s1. The molecular formula is C30H46N4O2. The summed E-state index contributed by atoms with van der Waals surface area (Å²) < 4.78 is 0. The molecule has 198 valence electrons. The third-order valence-corrected chi connectivity index (χ3v) is 10.6. The lowest BCUT2D eigenvalue weighted by Crippen LogP contribution is -2.62. The third kappa shape index (κ3) is 4.69. The fraction of sp³-hybridized carbons (Fsp3) is 0.767. The average Bonchev–Trinajstić information content (AvgIpc) is 2.87. The second kappa shape index (κ2) is 9.59. The van der Waals surface area contributed by atoms with Gasteiger partial charge in [0.2, 0.25) is 0 Å². The summed E-state index contributed by atoms with van der Waals surface area (Å²) in [7, 11) is 0. The van der Waals surface area contributed by atoms with E-state index in [0.29, 0.717) is 17.5 Å². The zero-order valence-corrected chi connectivity index (χ0v) is 22.4. The molecule has 2 N–H and O–H groups in total. The van der Waals surface area contributed by atoms with Gasteiger partial charge in [-0.25, -0.2) is 0 Å². The number of hydrogen-bond donors (Lipinski definition) is 2. The van der Waals surface area contributed by atoms with Crippen LogP contribution in [0.25, 0.3) is 0 Å². The zero-order valence-electron chi connectivity index (χ0n) is 22.4. The second-order valence-corrected chi connectivity index (χ2v) is 13.0. The van der Waals surface area contributed by atoms with Crippen LogP contribution in [0.2, 0.25) is 0 Å². The normalized spacial score (nSPS) is 35.9. The number of likely N-dealkylation sites (N-methyl/N-ethyl adjacent to an activating group) is 1. The van der Waals surface area contributed by atoms with Crippen molar-refractivity contribution < 1.29 is 9.90 Å². The van der Waals surface area contributed by atoms with Gasteiger partial charge in [-0.1, -0.05) is 6.92 Å². The van der Waals surface area contributed by atoms with Crippen molar-refractivity contribution in [3.63, 3.8) is 0 Å². The molecule has 0 radical (unpaired) electrons. The lowest BCUT2D eigenvalue weighted by atomic mass is 9.46. The van der Waals surface area contributed by atoms with Gasteiger partial charge in [-0.3, -0.25) is 4.79 Å². The molecule has 2 aliphatic heterocycles. The summed E-state index contributed by atoms with van der Waals surface area (Å²) in [6, 6.07) is 9.36. The highest BCUT2D eigenvalue weighted by molar-refractivity contribution is 5.94. The minimum atomic E-state index is -0.374. The van der Waals surface area contributed by atoms with Gasteiger partial charge in [0.1, 0.15) is 0 Å². The van der Waals surface area contributed by atoms with E-state index in [9.17, 15) is 9.90 Å². The highest BCUT2D eigenvalue weighted by Crippen LogP contribution is 2.62. The third-order valence-electron chi connectivity index (χ3n) is 10.6. The molecule has 4 aliphatic carbocycles. The lowest BCUT2D eigenvalue weighted by molar-refractivity contribution is -0.172. The minimum absolute atomic E-state index is 0.170. The van der Waals surface area contributed by atoms with Crippen molar-refractivity contribution >= 4 is 11.6 Å². The summed E-state index contributed by atoms with van der Waals surface area (Å²) in [5.41, 5.74) is 1.98. The summed E-state index contributed by atoms with van der Waals surface area (Å²) in [5.74, 6) is 1.67. The predicted molar refractivity (Wildman–Crippen MR) is 144 cm³/mol. The molecule has 6 fully saturated rings. The van der Waals surface area contributed by atoms with Crippen molar-refractivity contribution in [2.24, 2.45) is 17.3 Å². The van der Waals surface area contributed by atoms with Crippen molar-refractivity contribution in [3.8, 4) is 0 Å². The van der Waals surface area contributed by atoms with E-state index < -0.39 is 0 Å². The Morgan fingerprint density at radius 1 is 1.00 bits per heavy atom. The van der Waals surface area contributed by atoms with Gasteiger partial charge < -0.3 is 25.1 Å². The molecule has 4 bridgehead atoms. The van der Waals surface area contributed by atoms with E-state index in [1.165, 1.54) is 24.9 Å². The molecular weight excluding hydrogens is 448 g/mol. The van der Waals surface area contributed by atoms with E-state index in [1.807, 2.05) is 17.0 Å². The number of rotatable bonds is 6. The molecule has 7 rings (SSSR count). The minimum Gasteiger partial charge on any atom is -0.390 e. The summed E-state index contributed by atoms with van der Waals surface area (Å²) in [6.45, 7) is 11.4. The Balaban J connectivity index is 1.01. The van der Waals surface area contributed by atoms with E-state index in [4.69, 9.17) is 0 Å². The molecule has 6 aliphatic rings. The molecule has 1 aromatic carbocycles. The molecule has 1 amide bonds. The van der Waals surface area contributed by atoms with E-state index in [1.54, 1.807) is 0 Å². The van der Waals surface area contributed by atoms with Gasteiger partial charge in [-0.05, 0) is 106 Å². The smallest absolute Gasteiger partial charge is 0.253 e. The Kier molecular flexibility index (Phi) is 6.58. The van der Waals surface area contributed by atoms with Gasteiger partial charge in [0, 0.05) is 62.6 Å². The average molecular weight is 495 g/mol. The van der Waals surface area contributed by atoms with Gasteiger partial charge in [0.05, 0.1) is 5.60 Å². The first kappa shape index (κ1) is 24.7. The largest absolute Gasteiger partial charge is 0.390 e. The number of carbonyl (C=O) groups excluding carboxylic acids is 1. The van der Waals surface area contributed by atoms with Crippen LogP contribution in [-0.2, 0) is 0 Å². The number of anilines is 1. The van der Waals surface area contributed by atoms with Crippen LogP contribution >= 0.6 is 0 Å². The molecule has 1 aromatic rings. The first-order valence-electron chi connectivity index (χ1n) is 14.7. The van der Waals surface area contributed by atoms with Gasteiger partial charge in [0.25, 0.3) is 5.91 Å².